The summed E-state index contributed by atoms with van der Waals surface area (Å²) in [6, 6.07) is 3.37. The third-order valence-corrected chi connectivity index (χ3v) is 7.09. The average Bonchev–Trinajstić information content (AvgIpc) is 2.83. The molecule has 0 spiro atoms. The minimum atomic E-state index is -0.356. The molecule has 3 aromatic rings. The third kappa shape index (κ3) is 4.59. The van der Waals surface area contributed by atoms with Gasteiger partial charge in [0, 0.05) is 55.4 Å². The topological polar surface area (TPSA) is 116 Å². The van der Waals surface area contributed by atoms with E-state index >= 15 is 0 Å². The van der Waals surface area contributed by atoms with E-state index in [-0.39, 0.29) is 44.6 Å². The number of benzene rings is 1. The molecule has 2 N–H and O–H groups in total. The van der Waals surface area contributed by atoms with Gasteiger partial charge in [-0.3, -0.25) is 19.1 Å². The fourth-order valence-electron chi connectivity index (χ4n) is 4.16. The standard InChI is InChI=1S/C24H26Cl2N6O4/c1-5-18(33)31-11-14(12-31)30(2)6-7-32-22-13(10-28-24(27)29-22)8-15(23(32)34)19-20(25)16(35-3)9-17(36-4)21(19)26/h5,8-10,14H,1,6-7,11-12H2,2-4H3,(H2,27,28,29). The van der Waals surface area contributed by atoms with Crippen molar-refractivity contribution in [2.24, 2.45) is 0 Å². The lowest BCUT2D eigenvalue weighted by Gasteiger charge is -2.43. The molecule has 0 aliphatic carbocycles. The summed E-state index contributed by atoms with van der Waals surface area (Å²) in [4.78, 5) is 37.8. The number of methoxy groups -OCH3 is 2. The molecule has 1 amide bonds. The number of ether oxygens (including phenoxy) is 2. The molecule has 3 heterocycles. The summed E-state index contributed by atoms with van der Waals surface area (Å²) in [6.45, 7) is 5.54. The first-order valence-electron chi connectivity index (χ1n) is 11.1. The number of carbonyl (C=O) groups is 1. The van der Waals surface area contributed by atoms with Gasteiger partial charge in [0.1, 0.15) is 17.1 Å². The molecule has 0 radical (unpaired) electrons. The molecule has 12 heteroatoms. The van der Waals surface area contributed by atoms with Gasteiger partial charge in [-0.2, -0.15) is 4.98 Å². The third-order valence-electron chi connectivity index (χ3n) is 6.34. The van der Waals surface area contributed by atoms with E-state index in [1.54, 1.807) is 23.2 Å². The fraction of sp³-hybridized carbons (Fsp3) is 0.333. The van der Waals surface area contributed by atoms with Crippen LogP contribution in [-0.2, 0) is 11.3 Å². The summed E-state index contributed by atoms with van der Waals surface area (Å²) in [5, 5.41) is 0.948. The van der Waals surface area contributed by atoms with Gasteiger partial charge < -0.3 is 20.1 Å². The molecule has 1 fully saturated rings. The summed E-state index contributed by atoms with van der Waals surface area (Å²) in [7, 11) is 4.88. The number of nitrogens with zero attached hydrogens (tertiary/aromatic N) is 5. The van der Waals surface area contributed by atoms with Crippen molar-refractivity contribution in [2.45, 2.75) is 12.6 Å². The van der Waals surface area contributed by atoms with Crippen molar-refractivity contribution in [1.82, 2.24) is 24.3 Å². The fourth-order valence-corrected chi connectivity index (χ4v) is 4.87. The Balaban J connectivity index is 1.76. The van der Waals surface area contributed by atoms with Crippen molar-refractivity contribution < 1.29 is 14.3 Å². The van der Waals surface area contributed by atoms with Crippen LogP contribution in [0, 0.1) is 0 Å². The van der Waals surface area contributed by atoms with E-state index in [1.165, 1.54) is 24.9 Å². The zero-order chi connectivity index (χ0) is 26.1. The van der Waals surface area contributed by atoms with Crippen LogP contribution in [0.4, 0.5) is 5.95 Å². The summed E-state index contributed by atoms with van der Waals surface area (Å²) in [5.41, 5.74) is 6.41. The smallest absolute Gasteiger partial charge is 0.260 e. The molecule has 36 heavy (non-hydrogen) atoms. The normalized spacial score (nSPS) is 13.7. The second kappa shape index (κ2) is 10.3. The van der Waals surface area contributed by atoms with E-state index in [0.29, 0.717) is 48.7 Å². The monoisotopic (exact) mass is 532 g/mol. The van der Waals surface area contributed by atoms with Gasteiger partial charge in [0.2, 0.25) is 11.9 Å². The number of nitrogen functional groups attached to an aromatic ring is 1. The maximum atomic E-state index is 13.8. The van der Waals surface area contributed by atoms with Gasteiger partial charge in [0.15, 0.2) is 0 Å². The minimum absolute atomic E-state index is 0.0495. The Hall–Kier alpha value is -3.34. The van der Waals surface area contributed by atoms with Crippen LogP contribution in [-0.4, -0.2) is 77.2 Å². The van der Waals surface area contributed by atoms with Crippen LogP contribution in [0.3, 0.4) is 0 Å². The number of likely N-dealkylation sites (N-methyl/N-ethyl adjacent to an activating group) is 1. The predicted molar refractivity (Wildman–Crippen MR) is 140 cm³/mol. The molecular formula is C24H26Cl2N6O4. The van der Waals surface area contributed by atoms with E-state index in [0.717, 1.165) is 0 Å². The molecule has 1 aliphatic rings. The van der Waals surface area contributed by atoms with Gasteiger partial charge in [-0.15, -0.1) is 0 Å². The first-order chi connectivity index (χ1) is 17.2. The van der Waals surface area contributed by atoms with Crippen molar-refractivity contribution in [3.63, 3.8) is 0 Å². The number of nitrogens with two attached hydrogens (primary N) is 1. The van der Waals surface area contributed by atoms with Crippen LogP contribution in [0.5, 0.6) is 11.5 Å². The summed E-state index contributed by atoms with van der Waals surface area (Å²) in [6.07, 6.45) is 2.85. The molecule has 0 bridgehead atoms. The molecule has 190 valence electrons. The molecule has 1 aromatic carbocycles. The zero-order valence-corrected chi connectivity index (χ0v) is 21.6. The Morgan fingerprint density at radius 3 is 2.47 bits per heavy atom. The van der Waals surface area contributed by atoms with E-state index in [4.69, 9.17) is 38.4 Å². The van der Waals surface area contributed by atoms with Crippen molar-refractivity contribution in [3.05, 3.63) is 51.4 Å². The highest BCUT2D eigenvalue weighted by Gasteiger charge is 2.32. The van der Waals surface area contributed by atoms with Crippen LogP contribution < -0.4 is 20.8 Å². The number of aromatic nitrogens is 3. The quantitative estimate of drug-likeness (QED) is 0.440. The maximum Gasteiger partial charge on any atom is 0.260 e. The first-order valence-corrected chi connectivity index (χ1v) is 11.8. The highest BCUT2D eigenvalue weighted by Crippen LogP contribution is 2.45. The number of fused-ring (bicyclic) bond motifs is 1. The largest absolute Gasteiger partial charge is 0.495 e. The van der Waals surface area contributed by atoms with E-state index < -0.39 is 0 Å². The molecule has 1 aliphatic heterocycles. The van der Waals surface area contributed by atoms with Gasteiger partial charge in [0.05, 0.1) is 29.8 Å². The molecule has 0 unspecified atom stereocenters. The maximum absolute atomic E-state index is 13.8. The van der Waals surface area contributed by atoms with Crippen LogP contribution in [0.1, 0.15) is 0 Å². The molecule has 10 nitrogen and oxygen atoms in total. The van der Waals surface area contributed by atoms with Gasteiger partial charge in [-0.1, -0.05) is 29.8 Å². The molecular weight excluding hydrogens is 507 g/mol. The highest BCUT2D eigenvalue weighted by molar-refractivity contribution is 6.41. The molecule has 1 saturated heterocycles. The molecule has 0 saturated carbocycles. The molecule has 4 rings (SSSR count). The van der Waals surface area contributed by atoms with Crippen LogP contribution in [0.25, 0.3) is 22.2 Å². The van der Waals surface area contributed by atoms with Crippen LogP contribution in [0.2, 0.25) is 10.0 Å². The van der Waals surface area contributed by atoms with Crippen LogP contribution in [0.15, 0.2) is 35.8 Å². The van der Waals surface area contributed by atoms with Crippen LogP contribution >= 0.6 is 23.2 Å². The Kier molecular flexibility index (Phi) is 7.39. The number of amides is 1. The second-order valence-corrected chi connectivity index (χ2v) is 9.14. The van der Waals surface area contributed by atoms with Crippen molar-refractivity contribution in [1.29, 1.82) is 0 Å². The first kappa shape index (κ1) is 25.7. The zero-order valence-electron chi connectivity index (χ0n) is 20.1. The number of likely N-dealkylation sites (tertiary alicyclic amines) is 1. The molecule has 2 aromatic heterocycles. The molecule has 0 atom stereocenters. The average molecular weight is 533 g/mol. The number of hydrogen-bond donors (Lipinski definition) is 1. The Labute approximate surface area is 217 Å². The SMILES string of the molecule is C=CC(=O)N1CC(N(C)CCn2c(=O)c(-c3c(Cl)c(OC)cc(OC)c3Cl)cc3cnc(N)nc32)C1. The van der Waals surface area contributed by atoms with Gasteiger partial charge >= 0.3 is 0 Å². The number of halogens is 2. The second-order valence-electron chi connectivity index (χ2n) is 8.39. The lowest BCUT2D eigenvalue weighted by atomic mass is 10.0. The van der Waals surface area contributed by atoms with Crippen molar-refractivity contribution in [2.75, 3.05) is 46.6 Å². The lowest BCUT2D eigenvalue weighted by molar-refractivity contribution is -0.132. The lowest BCUT2D eigenvalue weighted by Crippen LogP contribution is -2.60. The summed E-state index contributed by atoms with van der Waals surface area (Å²) < 4.78 is 12.3. The van der Waals surface area contributed by atoms with Crippen molar-refractivity contribution in [3.8, 4) is 22.6 Å². The number of pyridine rings is 1. The van der Waals surface area contributed by atoms with E-state index in [1.807, 2.05) is 7.05 Å². The summed E-state index contributed by atoms with van der Waals surface area (Å²) >= 11 is 13.2. The number of hydrogen-bond acceptors (Lipinski definition) is 8. The highest BCUT2D eigenvalue weighted by atomic mass is 35.5. The van der Waals surface area contributed by atoms with Gasteiger partial charge in [-0.05, 0) is 19.2 Å². The number of rotatable bonds is 8. The van der Waals surface area contributed by atoms with Crippen molar-refractivity contribution >= 4 is 46.1 Å². The Morgan fingerprint density at radius 1 is 1.25 bits per heavy atom. The Bertz CT molecular complexity index is 1380. The van der Waals surface area contributed by atoms with E-state index in [2.05, 4.69) is 21.4 Å². The minimum Gasteiger partial charge on any atom is -0.495 e. The predicted octanol–water partition coefficient (Wildman–Crippen LogP) is 2.69. The van der Waals surface area contributed by atoms with Gasteiger partial charge in [-0.25, -0.2) is 4.98 Å². The van der Waals surface area contributed by atoms with E-state index in [9.17, 15) is 9.59 Å². The van der Waals surface area contributed by atoms with Gasteiger partial charge in [0.25, 0.3) is 5.56 Å². The Morgan fingerprint density at radius 2 is 1.89 bits per heavy atom. The summed E-state index contributed by atoms with van der Waals surface area (Å²) in [5.74, 6) is 0.587. The number of carbonyl (C=O) groups excluding carboxylic acids is 1. The number of anilines is 1.